The largest absolute Gasteiger partial charge is 0.463 e. The summed E-state index contributed by atoms with van der Waals surface area (Å²) in [7, 11) is 0. The van der Waals surface area contributed by atoms with Crippen LogP contribution in [0.4, 0.5) is 0 Å². The summed E-state index contributed by atoms with van der Waals surface area (Å²) in [5.74, 6) is 0.190. The molecule has 152 valence electrons. The summed E-state index contributed by atoms with van der Waals surface area (Å²) in [6.45, 7) is 14.4. The van der Waals surface area contributed by atoms with Crippen molar-refractivity contribution in [1.29, 1.82) is 0 Å². The van der Waals surface area contributed by atoms with E-state index in [0.29, 0.717) is 13.2 Å². The van der Waals surface area contributed by atoms with Gasteiger partial charge in [0, 0.05) is 12.2 Å². The molecule has 0 spiro atoms. The van der Waals surface area contributed by atoms with Crippen LogP contribution < -0.4 is 0 Å². The van der Waals surface area contributed by atoms with Crippen molar-refractivity contribution in [3.05, 3.63) is 25.3 Å². The molecule has 0 unspecified atom stereocenters. The number of hydrogen-bond donors (Lipinski definition) is 0. The second kappa shape index (κ2) is 21.5. The Balaban J connectivity index is 0. The maximum atomic E-state index is 10.7. The Morgan fingerprint density at radius 1 is 0.769 bits per heavy atom. The summed E-state index contributed by atoms with van der Waals surface area (Å²) in [6, 6.07) is 0. The highest BCUT2D eigenvalue weighted by atomic mass is 16.5. The molecule has 4 nitrogen and oxygen atoms in total. The molecule has 0 amide bonds. The van der Waals surface area contributed by atoms with Gasteiger partial charge in [-0.2, -0.15) is 0 Å². The maximum Gasteiger partial charge on any atom is 0.330 e. The van der Waals surface area contributed by atoms with Crippen LogP contribution in [0.3, 0.4) is 0 Å². The minimum atomic E-state index is -0.318. The number of hydrogen-bond acceptors (Lipinski definition) is 4. The minimum Gasteiger partial charge on any atom is -0.463 e. The fourth-order valence-electron chi connectivity index (χ4n) is 2.18. The zero-order valence-electron chi connectivity index (χ0n) is 17.3. The van der Waals surface area contributed by atoms with Crippen molar-refractivity contribution in [3.8, 4) is 0 Å². The SMILES string of the molecule is C=CC(=O)OCCCCCC.C=CC(=O)OCCCCCCCC(C)C. The lowest BCUT2D eigenvalue weighted by atomic mass is 10.0. The van der Waals surface area contributed by atoms with E-state index in [9.17, 15) is 9.59 Å². The van der Waals surface area contributed by atoms with E-state index < -0.39 is 0 Å². The topological polar surface area (TPSA) is 52.6 Å². The van der Waals surface area contributed by atoms with Crippen LogP contribution in [0.25, 0.3) is 0 Å². The van der Waals surface area contributed by atoms with Gasteiger partial charge in [0.05, 0.1) is 13.2 Å². The van der Waals surface area contributed by atoms with Crippen molar-refractivity contribution < 1.29 is 19.1 Å². The molecule has 4 heteroatoms. The molecule has 26 heavy (non-hydrogen) atoms. The Labute approximate surface area is 161 Å². The Kier molecular flexibility index (Phi) is 22.0. The van der Waals surface area contributed by atoms with Gasteiger partial charge in [-0.25, -0.2) is 9.59 Å². The van der Waals surface area contributed by atoms with Crippen LogP contribution in [0.15, 0.2) is 25.3 Å². The first-order valence-corrected chi connectivity index (χ1v) is 10.1. The highest BCUT2D eigenvalue weighted by Gasteiger charge is 1.97. The highest BCUT2D eigenvalue weighted by Crippen LogP contribution is 2.10. The first kappa shape index (κ1) is 26.6. The molecule has 0 radical (unpaired) electrons. The predicted octanol–water partition coefficient (Wildman–Crippen LogP) is 6.01. The zero-order valence-corrected chi connectivity index (χ0v) is 17.3. The third-order valence-electron chi connectivity index (χ3n) is 3.75. The fourth-order valence-corrected chi connectivity index (χ4v) is 2.18. The number of esters is 2. The van der Waals surface area contributed by atoms with Crippen LogP contribution in [-0.2, 0) is 19.1 Å². The van der Waals surface area contributed by atoms with Crippen molar-refractivity contribution >= 4 is 11.9 Å². The third-order valence-corrected chi connectivity index (χ3v) is 3.75. The summed E-state index contributed by atoms with van der Waals surface area (Å²) in [4.78, 5) is 21.2. The van der Waals surface area contributed by atoms with Crippen molar-refractivity contribution in [2.75, 3.05) is 13.2 Å². The maximum absolute atomic E-state index is 10.7. The molecule has 0 saturated heterocycles. The van der Waals surface area contributed by atoms with Crippen LogP contribution in [0.1, 0.15) is 85.0 Å². The van der Waals surface area contributed by atoms with Crippen LogP contribution in [-0.4, -0.2) is 25.2 Å². The molecule has 0 heterocycles. The lowest BCUT2D eigenvalue weighted by molar-refractivity contribution is -0.138. The van der Waals surface area contributed by atoms with Gasteiger partial charge in [0.25, 0.3) is 0 Å². The summed E-state index contributed by atoms with van der Waals surface area (Å²) in [6.07, 6.45) is 14.3. The van der Waals surface area contributed by atoms with Gasteiger partial charge in [-0.3, -0.25) is 0 Å². The average Bonchev–Trinajstić information content (AvgIpc) is 2.63. The third kappa shape index (κ3) is 24.7. The molecule has 0 aromatic heterocycles. The van der Waals surface area contributed by atoms with Gasteiger partial charge in [0.15, 0.2) is 0 Å². The van der Waals surface area contributed by atoms with E-state index in [1.807, 2.05) is 0 Å². The fraction of sp³-hybridized carbons (Fsp3) is 0.727. The minimum absolute atomic E-state index is 0.310. The number of ether oxygens (including phenoxy) is 2. The molecular weight excluding hydrogens is 328 g/mol. The first-order chi connectivity index (χ1) is 12.5. The smallest absolute Gasteiger partial charge is 0.330 e. The quantitative estimate of drug-likeness (QED) is 0.202. The van der Waals surface area contributed by atoms with Gasteiger partial charge in [-0.05, 0) is 18.8 Å². The molecule has 0 N–H and O–H groups in total. The van der Waals surface area contributed by atoms with Gasteiger partial charge in [-0.1, -0.05) is 85.3 Å². The van der Waals surface area contributed by atoms with E-state index in [1.165, 1.54) is 50.7 Å². The van der Waals surface area contributed by atoms with Crippen molar-refractivity contribution in [3.63, 3.8) is 0 Å². The molecule has 0 rings (SSSR count). The highest BCUT2D eigenvalue weighted by molar-refractivity contribution is 5.81. The predicted molar refractivity (Wildman–Crippen MR) is 109 cm³/mol. The molecule has 0 saturated carbocycles. The van der Waals surface area contributed by atoms with E-state index in [-0.39, 0.29) is 11.9 Å². The second-order valence-corrected chi connectivity index (χ2v) is 6.75. The summed E-state index contributed by atoms with van der Waals surface area (Å²) in [5, 5.41) is 0. The van der Waals surface area contributed by atoms with Gasteiger partial charge >= 0.3 is 11.9 Å². The Morgan fingerprint density at radius 2 is 1.19 bits per heavy atom. The molecule has 0 aliphatic rings. The molecule has 0 fully saturated rings. The van der Waals surface area contributed by atoms with Gasteiger partial charge in [-0.15, -0.1) is 0 Å². The molecule has 0 atom stereocenters. The van der Waals surface area contributed by atoms with Crippen LogP contribution in [0.5, 0.6) is 0 Å². The molecule has 0 aromatic rings. The van der Waals surface area contributed by atoms with E-state index >= 15 is 0 Å². The Hall–Kier alpha value is -1.58. The van der Waals surface area contributed by atoms with E-state index in [0.717, 1.165) is 31.6 Å². The van der Waals surface area contributed by atoms with Gasteiger partial charge < -0.3 is 9.47 Å². The Bertz CT molecular complexity index is 361. The lowest BCUT2D eigenvalue weighted by Crippen LogP contribution is -2.01. The van der Waals surface area contributed by atoms with E-state index in [2.05, 4.69) is 33.9 Å². The summed E-state index contributed by atoms with van der Waals surface area (Å²) < 4.78 is 9.66. The van der Waals surface area contributed by atoms with Crippen LogP contribution >= 0.6 is 0 Å². The van der Waals surface area contributed by atoms with Crippen LogP contribution in [0, 0.1) is 5.92 Å². The van der Waals surface area contributed by atoms with E-state index in [4.69, 9.17) is 9.47 Å². The number of rotatable bonds is 15. The Morgan fingerprint density at radius 3 is 1.62 bits per heavy atom. The first-order valence-electron chi connectivity index (χ1n) is 10.1. The number of unbranched alkanes of at least 4 members (excludes halogenated alkanes) is 7. The average molecular weight is 369 g/mol. The number of carbonyl (C=O) groups is 2. The molecule has 0 aromatic carbocycles. The van der Waals surface area contributed by atoms with Crippen molar-refractivity contribution in [2.24, 2.45) is 5.92 Å². The van der Waals surface area contributed by atoms with Crippen molar-refractivity contribution in [2.45, 2.75) is 85.0 Å². The zero-order chi connectivity index (χ0) is 20.0. The van der Waals surface area contributed by atoms with Crippen molar-refractivity contribution in [1.82, 2.24) is 0 Å². The molecule has 0 aliphatic heterocycles. The van der Waals surface area contributed by atoms with E-state index in [1.54, 1.807) is 0 Å². The normalized spacial score (nSPS) is 9.85. The molecule has 0 bridgehead atoms. The standard InChI is InChI=1S/C13H24O2.C9H16O2/c1-4-13(14)15-11-9-7-5-6-8-10-12(2)3;1-3-5-6-7-8-11-9(10)4-2/h4,12H,1,5-11H2,2-3H3;4H,2-3,5-8H2,1H3. The number of carbonyl (C=O) groups excluding carboxylic acids is 2. The van der Waals surface area contributed by atoms with Gasteiger partial charge in [0.1, 0.15) is 0 Å². The lowest BCUT2D eigenvalue weighted by Gasteiger charge is -2.04. The second-order valence-electron chi connectivity index (χ2n) is 6.75. The molecular formula is C22H40O4. The van der Waals surface area contributed by atoms with Crippen LogP contribution in [0.2, 0.25) is 0 Å². The van der Waals surface area contributed by atoms with Gasteiger partial charge in [0.2, 0.25) is 0 Å². The summed E-state index contributed by atoms with van der Waals surface area (Å²) in [5.41, 5.74) is 0. The molecule has 0 aliphatic carbocycles. The monoisotopic (exact) mass is 368 g/mol. The summed E-state index contributed by atoms with van der Waals surface area (Å²) >= 11 is 0.